The van der Waals surface area contributed by atoms with Crippen molar-refractivity contribution in [2.45, 2.75) is 0 Å². The summed E-state index contributed by atoms with van der Waals surface area (Å²) in [7, 11) is 0. The van der Waals surface area contributed by atoms with Crippen LogP contribution in [0.25, 0.3) is 21.8 Å². The number of nitrogens with zero attached hydrogens (tertiary/aromatic N) is 1. The summed E-state index contributed by atoms with van der Waals surface area (Å²) in [6, 6.07) is 12.2. The molecular weight excluding hydrogens is 323 g/mol. The lowest BCUT2D eigenvalue weighted by Crippen LogP contribution is -2.03. The second kappa shape index (κ2) is 5.52. The van der Waals surface area contributed by atoms with Crippen LogP contribution in [0.4, 0.5) is 4.39 Å². The SMILES string of the molecule is O=C(O)c1cc2c(cn1)[nH]c1ccc(C(=O)c3ccccc3F)cc12. The van der Waals surface area contributed by atoms with Crippen molar-refractivity contribution in [2.75, 3.05) is 0 Å². The number of ketones is 1. The van der Waals surface area contributed by atoms with Crippen molar-refractivity contribution < 1.29 is 19.1 Å². The molecule has 0 unspecified atom stereocenters. The predicted molar refractivity (Wildman–Crippen MR) is 90.4 cm³/mol. The molecule has 25 heavy (non-hydrogen) atoms. The fourth-order valence-corrected chi connectivity index (χ4v) is 2.86. The molecule has 2 N–H and O–H groups in total. The maximum absolute atomic E-state index is 13.9. The summed E-state index contributed by atoms with van der Waals surface area (Å²) in [5, 5.41) is 10.4. The van der Waals surface area contributed by atoms with Crippen molar-refractivity contribution in [3.8, 4) is 0 Å². The number of nitrogens with one attached hydrogen (secondary N) is 1. The first-order valence-electron chi connectivity index (χ1n) is 7.48. The first-order chi connectivity index (χ1) is 12.0. The van der Waals surface area contributed by atoms with Gasteiger partial charge in [0.1, 0.15) is 11.5 Å². The summed E-state index contributed by atoms with van der Waals surface area (Å²) in [4.78, 5) is 30.7. The van der Waals surface area contributed by atoms with Crippen LogP contribution in [-0.2, 0) is 0 Å². The molecule has 0 bridgehead atoms. The predicted octanol–water partition coefficient (Wildman–Crippen LogP) is 3.78. The summed E-state index contributed by atoms with van der Waals surface area (Å²) in [5.41, 5.74) is 1.64. The van der Waals surface area contributed by atoms with Gasteiger partial charge in [0, 0.05) is 21.9 Å². The number of carbonyl (C=O) groups is 2. The number of hydrogen-bond acceptors (Lipinski definition) is 3. The van der Waals surface area contributed by atoms with E-state index in [4.69, 9.17) is 5.11 Å². The number of aromatic amines is 1. The number of fused-ring (bicyclic) bond motifs is 3. The lowest BCUT2D eigenvalue weighted by Gasteiger charge is -2.03. The Balaban J connectivity index is 1.90. The highest BCUT2D eigenvalue weighted by atomic mass is 19.1. The third-order valence-electron chi connectivity index (χ3n) is 4.08. The monoisotopic (exact) mass is 334 g/mol. The molecule has 0 aliphatic rings. The van der Waals surface area contributed by atoms with E-state index in [-0.39, 0.29) is 11.3 Å². The highest BCUT2D eigenvalue weighted by Crippen LogP contribution is 2.27. The van der Waals surface area contributed by atoms with Crippen LogP contribution in [0.1, 0.15) is 26.4 Å². The Bertz CT molecular complexity index is 1160. The second-order valence-corrected chi connectivity index (χ2v) is 5.61. The highest BCUT2D eigenvalue weighted by Gasteiger charge is 2.16. The number of hydrogen-bond donors (Lipinski definition) is 2. The minimum atomic E-state index is -1.13. The molecule has 0 saturated carbocycles. The first-order valence-corrected chi connectivity index (χ1v) is 7.48. The van der Waals surface area contributed by atoms with Gasteiger partial charge in [-0.25, -0.2) is 14.2 Å². The van der Waals surface area contributed by atoms with Crippen LogP contribution in [0.15, 0.2) is 54.7 Å². The van der Waals surface area contributed by atoms with Crippen LogP contribution in [0.5, 0.6) is 0 Å². The molecule has 122 valence electrons. The fraction of sp³-hybridized carbons (Fsp3) is 0. The zero-order chi connectivity index (χ0) is 17.6. The minimum absolute atomic E-state index is 0.00502. The fourth-order valence-electron chi connectivity index (χ4n) is 2.86. The number of carboxylic acids is 1. The van der Waals surface area contributed by atoms with Crippen LogP contribution < -0.4 is 0 Å². The molecule has 4 aromatic rings. The zero-order valence-electron chi connectivity index (χ0n) is 12.8. The topological polar surface area (TPSA) is 83.0 Å². The third-order valence-corrected chi connectivity index (χ3v) is 4.08. The number of benzene rings is 2. The number of carboxylic acid groups (broad SMARTS) is 1. The van der Waals surface area contributed by atoms with Crippen LogP contribution in [-0.4, -0.2) is 26.8 Å². The molecule has 2 heterocycles. The van der Waals surface area contributed by atoms with Crippen molar-refractivity contribution in [3.05, 3.63) is 77.4 Å². The van der Waals surface area contributed by atoms with E-state index in [0.717, 1.165) is 5.52 Å². The van der Waals surface area contributed by atoms with Crippen molar-refractivity contribution in [1.82, 2.24) is 9.97 Å². The lowest BCUT2D eigenvalue weighted by atomic mass is 10.0. The minimum Gasteiger partial charge on any atom is -0.477 e. The third kappa shape index (κ3) is 2.44. The van der Waals surface area contributed by atoms with E-state index in [9.17, 15) is 14.0 Å². The summed E-state index contributed by atoms with van der Waals surface area (Å²) >= 11 is 0. The molecule has 0 aliphatic carbocycles. The van der Waals surface area contributed by atoms with E-state index >= 15 is 0 Å². The molecule has 0 amide bonds. The van der Waals surface area contributed by atoms with Gasteiger partial charge in [0.15, 0.2) is 5.78 Å². The Kier molecular flexibility index (Phi) is 3.32. The molecule has 0 aliphatic heterocycles. The smallest absolute Gasteiger partial charge is 0.354 e. The van der Waals surface area contributed by atoms with E-state index in [0.29, 0.717) is 21.9 Å². The molecule has 0 spiro atoms. The average molecular weight is 334 g/mol. The average Bonchev–Trinajstić information content (AvgIpc) is 2.98. The van der Waals surface area contributed by atoms with Gasteiger partial charge in [-0.1, -0.05) is 12.1 Å². The van der Waals surface area contributed by atoms with Gasteiger partial charge in [-0.3, -0.25) is 4.79 Å². The first kappa shape index (κ1) is 15.0. The summed E-state index contributed by atoms with van der Waals surface area (Å²) < 4.78 is 13.9. The van der Waals surface area contributed by atoms with E-state index in [1.165, 1.54) is 30.5 Å². The summed E-state index contributed by atoms with van der Waals surface area (Å²) in [5.74, 6) is -2.14. The number of aromatic carboxylic acids is 1. The maximum Gasteiger partial charge on any atom is 0.354 e. The van der Waals surface area contributed by atoms with Gasteiger partial charge in [-0.05, 0) is 36.4 Å². The Morgan fingerprint density at radius 1 is 1.00 bits per heavy atom. The number of aromatic nitrogens is 2. The normalized spacial score (nSPS) is 11.1. The molecular formula is C19H11FN2O3. The molecule has 5 nitrogen and oxygen atoms in total. The Hall–Kier alpha value is -3.54. The van der Waals surface area contributed by atoms with E-state index in [1.807, 2.05) is 0 Å². The summed E-state index contributed by atoms with van der Waals surface area (Å²) in [6.07, 6.45) is 1.44. The molecule has 0 saturated heterocycles. The van der Waals surface area contributed by atoms with Crippen molar-refractivity contribution in [2.24, 2.45) is 0 Å². The van der Waals surface area contributed by atoms with Gasteiger partial charge < -0.3 is 10.1 Å². The molecule has 2 aromatic carbocycles. The lowest BCUT2D eigenvalue weighted by molar-refractivity contribution is 0.0690. The van der Waals surface area contributed by atoms with E-state index < -0.39 is 17.6 Å². The van der Waals surface area contributed by atoms with Crippen LogP contribution in [0, 0.1) is 5.82 Å². The van der Waals surface area contributed by atoms with Gasteiger partial charge in [0.2, 0.25) is 0 Å². The number of pyridine rings is 1. The molecule has 0 atom stereocenters. The van der Waals surface area contributed by atoms with Crippen molar-refractivity contribution in [1.29, 1.82) is 0 Å². The number of rotatable bonds is 3. The Morgan fingerprint density at radius 3 is 2.52 bits per heavy atom. The van der Waals surface area contributed by atoms with Crippen molar-refractivity contribution >= 4 is 33.6 Å². The Morgan fingerprint density at radius 2 is 1.76 bits per heavy atom. The summed E-state index contributed by atoms with van der Waals surface area (Å²) in [6.45, 7) is 0. The largest absolute Gasteiger partial charge is 0.477 e. The molecule has 4 rings (SSSR count). The quantitative estimate of drug-likeness (QED) is 0.559. The number of carbonyl (C=O) groups excluding carboxylic acids is 1. The molecule has 2 aromatic heterocycles. The number of H-pyrrole nitrogens is 1. The van der Waals surface area contributed by atoms with Gasteiger partial charge >= 0.3 is 5.97 Å². The number of halogens is 1. The maximum atomic E-state index is 13.9. The molecule has 0 fully saturated rings. The molecule has 6 heteroatoms. The van der Waals surface area contributed by atoms with Gasteiger partial charge in [-0.15, -0.1) is 0 Å². The van der Waals surface area contributed by atoms with Crippen LogP contribution in [0.2, 0.25) is 0 Å². The highest BCUT2D eigenvalue weighted by molar-refractivity contribution is 6.14. The zero-order valence-corrected chi connectivity index (χ0v) is 12.8. The molecule has 0 radical (unpaired) electrons. The van der Waals surface area contributed by atoms with Gasteiger partial charge in [0.25, 0.3) is 0 Å². The standard InChI is InChI=1S/C19H11FN2O3/c20-14-4-2-1-3-11(14)18(23)10-5-6-15-12(7-10)13-8-16(19(24)25)21-9-17(13)22-15/h1-9,22H,(H,24,25). The van der Waals surface area contributed by atoms with Gasteiger partial charge in [0.05, 0.1) is 17.3 Å². The second-order valence-electron chi connectivity index (χ2n) is 5.61. The van der Waals surface area contributed by atoms with Crippen molar-refractivity contribution in [3.63, 3.8) is 0 Å². The van der Waals surface area contributed by atoms with Gasteiger partial charge in [-0.2, -0.15) is 0 Å². The van der Waals surface area contributed by atoms with E-state index in [2.05, 4.69) is 9.97 Å². The van der Waals surface area contributed by atoms with E-state index in [1.54, 1.807) is 24.3 Å². The van der Waals surface area contributed by atoms with Crippen LogP contribution >= 0.6 is 0 Å². The van der Waals surface area contributed by atoms with Crippen LogP contribution in [0.3, 0.4) is 0 Å². The Labute approximate surface area is 140 Å².